The van der Waals surface area contributed by atoms with Crippen LogP contribution in [0.3, 0.4) is 0 Å². The van der Waals surface area contributed by atoms with Crippen molar-refractivity contribution in [1.29, 1.82) is 0 Å². The number of ether oxygens (including phenoxy) is 2. The third kappa shape index (κ3) is 4.66. The number of amides is 1. The maximum Gasteiger partial charge on any atom is 0.355 e. The molecule has 1 amide bonds. The van der Waals surface area contributed by atoms with Crippen LogP contribution in [0.2, 0.25) is 0 Å². The van der Waals surface area contributed by atoms with E-state index in [0.29, 0.717) is 22.7 Å². The lowest BCUT2D eigenvalue weighted by atomic mass is 10.1. The number of nitrogens with one attached hydrogen (secondary N) is 2. The Morgan fingerprint density at radius 2 is 1.86 bits per heavy atom. The number of methoxy groups -OCH3 is 1. The molecule has 0 saturated carbocycles. The van der Waals surface area contributed by atoms with Crippen LogP contribution in [0.5, 0.6) is 0 Å². The van der Waals surface area contributed by atoms with Crippen molar-refractivity contribution < 1.29 is 28.7 Å². The Bertz CT molecular complexity index is 927. The van der Waals surface area contributed by atoms with Crippen LogP contribution in [0, 0.1) is 13.8 Å². The molecule has 0 aliphatic carbocycles. The van der Waals surface area contributed by atoms with Crippen LogP contribution >= 0.6 is 11.3 Å². The van der Waals surface area contributed by atoms with E-state index in [4.69, 9.17) is 9.47 Å². The summed E-state index contributed by atoms with van der Waals surface area (Å²) >= 11 is 1.23. The number of hydrogen-bond acceptors (Lipinski definition) is 7. The number of H-pyrrole nitrogens is 1. The first-order valence-corrected chi connectivity index (χ1v) is 9.33. The second kappa shape index (κ2) is 8.83. The molecule has 0 saturated heterocycles. The molecule has 9 heteroatoms. The van der Waals surface area contributed by atoms with Gasteiger partial charge >= 0.3 is 11.9 Å². The molecule has 8 nitrogen and oxygen atoms in total. The number of aryl methyl sites for hydroxylation is 1. The van der Waals surface area contributed by atoms with Crippen LogP contribution in [0.25, 0.3) is 0 Å². The smallest absolute Gasteiger partial charge is 0.355 e. The molecular weight excluding hydrogens is 384 g/mol. The predicted molar refractivity (Wildman–Crippen MR) is 103 cm³/mol. The first-order valence-electron chi connectivity index (χ1n) is 8.51. The Labute approximate surface area is 166 Å². The third-order valence-corrected chi connectivity index (χ3v) is 5.20. The van der Waals surface area contributed by atoms with Crippen LogP contribution < -0.4 is 5.32 Å². The van der Waals surface area contributed by atoms with E-state index >= 15 is 0 Å². The number of carbonyl (C=O) groups excluding carboxylic acids is 4. The Morgan fingerprint density at radius 1 is 1.18 bits per heavy atom. The zero-order valence-corrected chi connectivity index (χ0v) is 17.1. The Balaban J connectivity index is 2.09. The largest absolute Gasteiger partial charge is 0.465 e. The highest BCUT2D eigenvalue weighted by atomic mass is 32.1. The molecule has 0 radical (unpaired) electrons. The van der Waals surface area contributed by atoms with Gasteiger partial charge in [-0.1, -0.05) is 0 Å². The van der Waals surface area contributed by atoms with Gasteiger partial charge in [-0.05, 0) is 38.5 Å². The van der Waals surface area contributed by atoms with Crippen molar-refractivity contribution in [2.75, 3.05) is 7.11 Å². The van der Waals surface area contributed by atoms with Crippen molar-refractivity contribution in [2.24, 2.45) is 0 Å². The number of carbonyl (C=O) groups is 4. The van der Waals surface area contributed by atoms with Crippen molar-refractivity contribution in [3.05, 3.63) is 44.4 Å². The number of thiophene rings is 1. The van der Waals surface area contributed by atoms with E-state index < -0.39 is 18.0 Å². The van der Waals surface area contributed by atoms with E-state index in [1.165, 1.54) is 32.3 Å². The van der Waals surface area contributed by atoms with Gasteiger partial charge in [0.1, 0.15) is 5.69 Å². The van der Waals surface area contributed by atoms with Crippen molar-refractivity contribution in [1.82, 2.24) is 10.3 Å². The Morgan fingerprint density at radius 3 is 2.46 bits per heavy atom. The van der Waals surface area contributed by atoms with Crippen molar-refractivity contribution in [2.45, 2.75) is 40.3 Å². The lowest BCUT2D eigenvalue weighted by molar-refractivity contribution is -0.119. The van der Waals surface area contributed by atoms with Gasteiger partial charge in [0.05, 0.1) is 24.1 Å². The zero-order valence-electron chi connectivity index (χ0n) is 16.3. The summed E-state index contributed by atoms with van der Waals surface area (Å²) in [6.07, 6.45) is -1.01. The highest BCUT2D eigenvalue weighted by Gasteiger charge is 2.27. The standard InChI is InChI=1S/C19H22N2O6S/c1-9-15(18(24)26-5)10(2)21-16(9)19(25)27-11(3)17(23)14-7-6-13(28-14)8-20-12(4)22/h6-7,11,21H,8H2,1-5H3,(H,20,22). The number of rotatable bonds is 7. The monoisotopic (exact) mass is 406 g/mol. The van der Waals surface area contributed by atoms with Crippen LogP contribution in [0.15, 0.2) is 12.1 Å². The van der Waals surface area contributed by atoms with Crippen LogP contribution in [0.1, 0.15) is 60.5 Å². The minimum atomic E-state index is -1.01. The molecule has 0 aliphatic rings. The van der Waals surface area contributed by atoms with Crippen LogP contribution in [-0.4, -0.2) is 41.8 Å². The molecular formula is C19H22N2O6S. The molecule has 2 aromatic rings. The molecule has 2 rings (SSSR count). The number of aromatic nitrogens is 1. The zero-order chi connectivity index (χ0) is 21.0. The number of ketones is 1. The SMILES string of the molecule is COC(=O)c1c(C)[nH]c(C(=O)OC(C)C(=O)c2ccc(CNC(C)=O)s2)c1C. The number of Topliss-reactive ketones (excluding diaryl/α,β-unsaturated/α-hetero) is 1. The quantitative estimate of drug-likeness (QED) is 0.539. The first-order chi connectivity index (χ1) is 13.1. The summed E-state index contributed by atoms with van der Waals surface area (Å²) in [5.41, 5.74) is 1.27. The van der Waals surface area contributed by atoms with E-state index in [9.17, 15) is 19.2 Å². The summed E-state index contributed by atoms with van der Waals surface area (Å²) in [7, 11) is 1.26. The first kappa shape index (κ1) is 21.4. The molecule has 150 valence electrons. The van der Waals surface area contributed by atoms with E-state index in [0.717, 1.165) is 4.88 Å². The minimum Gasteiger partial charge on any atom is -0.465 e. The van der Waals surface area contributed by atoms with E-state index in [1.807, 2.05) is 0 Å². The summed E-state index contributed by atoms with van der Waals surface area (Å²) in [4.78, 5) is 51.9. The number of esters is 2. The maximum atomic E-state index is 12.5. The fourth-order valence-corrected chi connectivity index (χ4v) is 3.62. The average molecular weight is 406 g/mol. The van der Waals surface area contributed by atoms with Gasteiger partial charge in [-0.2, -0.15) is 0 Å². The maximum absolute atomic E-state index is 12.5. The van der Waals surface area contributed by atoms with Gasteiger partial charge < -0.3 is 19.8 Å². The molecule has 2 N–H and O–H groups in total. The average Bonchev–Trinajstić information content (AvgIpc) is 3.23. The van der Waals surface area contributed by atoms with Gasteiger partial charge in [0.15, 0.2) is 6.10 Å². The number of aromatic amines is 1. The summed E-state index contributed by atoms with van der Waals surface area (Å²) in [5, 5.41) is 2.66. The van der Waals surface area contributed by atoms with Crippen molar-refractivity contribution >= 4 is 35.0 Å². The highest BCUT2D eigenvalue weighted by Crippen LogP contribution is 2.22. The van der Waals surface area contributed by atoms with Gasteiger partial charge in [0.25, 0.3) is 0 Å². The summed E-state index contributed by atoms with van der Waals surface area (Å²) in [6, 6.07) is 3.37. The summed E-state index contributed by atoms with van der Waals surface area (Å²) < 4.78 is 10.0. The highest BCUT2D eigenvalue weighted by molar-refractivity contribution is 7.14. The third-order valence-electron chi connectivity index (χ3n) is 4.10. The molecule has 28 heavy (non-hydrogen) atoms. The Kier molecular flexibility index (Phi) is 6.74. The molecule has 0 aliphatic heterocycles. The van der Waals surface area contributed by atoms with Crippen LogP contribution in [-0.2, 0) is 20.8 Å². The molecule has 2 aromatic heterocycles. The molecule has 0 bridgehead atoms. The Hall–Kier alpha value is -2.94. The summed E-state index contributed by atoms with van der Waals surface area (Å²) in [6.45, 7) is 6.48. The molecule has 1 atom stereocenters. The van der Waals surface area contributed by atoms with Gasteiger partial charge in [-0.3, -0.25) is 9.59 Å². The molecule has 0 fully saturated rings. The van der Waals surface area contributed by atoms with E-state index in [-0.39, 0.29) is 22.9 Å². The molecule has 1 unspecified atom stereocenters. The van der Waals surface area contributed by atoms with Crippen LogP contribution in [0.4, 0.5) is 0 Å². The van der Waals surface area contributed by atoms with Crippen molar-refractivity contribution in [3.63, 3.8) is 0 Å². The molecule has 2 heterocycles. The lowest BCUT2D eigenvalue weighted by Gasteiger charge is -2.11. The van der Waals surface area contributed by atoms with E-state index in [1.54, 1.807) is 26.0 Å². The fraction of sp³-hybridized carbons (Fsp3) is 0.368. The van der Waals surface area contributed by atoms with Gasteiger partial charge in [0.2, 0.25) is 11.7 Å². The molecule has 0 aromatic carbocycles. The topological polar surface area (TPSA) is 115 Å². The molecule has 0 spiro atoms. The normalized spacial score (nSPS) is 11.6. The second-order valence-electron chi connectivity index (χ2n) is 6.20. The second-order valence-corrected chi connectivity index (χ2v) is 7.37. The fourth-order valence-electron chi connectivity index (χ4n) is 2.65. The van der Waals surface area contributed by atoms with Gasteiger partial charge in [0, 0.05) is 17.5 Å². The van der Waals surface area contributed by atoms with Gasteiger partial charge in [-0.15, -0.1) is 11.3 Å². The summed E-state index contributed by atoms with van der Waals surface area (Å²) in [5.74, 6) is -1.79. The van der Waals surface area contributed by atoms with Gasteiger partial charge in [-0.25, -0.2) is 9.59 Å². The minimum absolute atomic E-state index is 0.107. The van der Waals surface area contributed by atoms with E-state index in [2.05, 4.69) is 10.3 Å². The van der Waals surface area contributed by atoms with Crippen molar-refractivity contribution in [3.8, 4) is 0 Å². The predicted octanol–water partition coefficient (Wildman–Crippen LogP) is 2.54. The number of hydrogen-bond donors (Lipinski definition) is 2. The lowest BCUT2D eigenvalue weighted by Crippen LogP contribution is -2.24.